The highest BCUT2D eigenvalue weighted by molar-refractivity contribution is 5.82. The molecule has 0 aromatic heterocycles. The number of amides is 1. The van der Waals surface area contributed by atoms with Gasteiger partial charge in [0, 0.05) is 12.6 Å². The monoisotopic (exact) mass is 278 g/mol. The molecule has 4 nitrogen and oxygen atoms in total. The fourth-order valence-corrected chi connectivity index (χ4v) is 1.92. The van der Waals surface area contributed by atoms with Gasteiger partial charge in [-0.25, -0.2) is 0 Å². The summed E-state index contributed by atoms with van der Waals surface area (Å²) < 4.78 is 5.14. The highest BCUT2D eigenvalue weighted by atomic mass is 16.5. The van der Waals surface area contributed by atoms with E-state index in [9.17, 15) is 4.79 Å². The minimum Gasteiger partial charge on any atom is -0.497 e. The highest BCUT2D eigenvalue weighted by Gasteiger charge is 2.25. The zero-order chi connectivity index (χ0) is 15.3. The molecule has 1 aromatic rings. The first-order valence-corrected chi connectivity index (χ1v) is 7.05. The topological polar surface area (TPSA) is 55.6 Å². The zero-order valence-electron chi connectivity index (χ0n) is 13.1. The average Bonchev–Trinajstić information content (AvgIpc) is 2.43. The van der Waals surface area contributed by atoms with Crippen LogP contribution < -0.4 is 10.5 Å². The fraction of sp³-hybridized carbons (Fsp3) is 0.562. The van der Waals surface area contributed by atoms with E-state index in [0.29, 0.717) is 6.54 Å². The van der Waals surface area contributed by atoms with E-state index in [4.69, 9.17) is 10.5 Å². The van der Waals surface area contributed by atoms with Gasteiger partial charge >= 0.3 is 0 Å². The Bertz CT molecular complexity index is 427. The van der Waals surface area contributed by atoms with Crippen molar-refractivity contribution in [1.82, 2.24) is 4.90 Å². The summed E-state index contributed by atoms with van der Waals surface area (Å²) in [4.78, 5) is 14.3. The minimum absolute atomic E-state index is 0.00539. The molecule has 1 amide bonds. The van der Waals surface area contributed by atoms with Gasteiger partial charge in [-0.15, -0.1) is 0 Å². The van der Waals surface area contributed by atoms with Gasteiger partial charge in [-0.2, -0.15) is 0 Å². The van der Waals surface area contributed by atoms with Crippen LogP contribution in [0.5, 0.6) is 5.75 Å². The molecule has 0 aliphatic heterocycles. The third-order valence-electron chi connectivity index (χ3n) is 3.42. The van der Waals surface area contributed by atoms with Gasteiger partial charge < -0.3 is 15.4 Å². The van der Waals surface area contributed by atoms with Gasteiger partial charge in [0.05, 0.1) is 13.2 Å². The lowest BCUT2D eigenvalue weighted by Crippen LogP contribution is -2.48. The van der Waals surface area contributed by atoms with E-state index in [0.717, 1.165) is 11.3 Å². The van der Waals surface area contributed by atoms with Crippen LogP contribution >= 0.6 is 0 Å². The van der Waals surface area contributed by atoms with Crippen molar-refractivity contribution in [2.24, 2.45) is 11.7 Å². The molecule has 112 valence electrons. The first kappa shape index (κ1) is 16.5. The Morgan fingerprint density at radius 1 is 1.20 bits per heavy atom. The smallest absolute Gasteiger partial charge is 0.240 e. The number of carbonyl (C=O) groups is 1. The number of rotatable bonds is 6. The number of benzene rings is 1. The number of hydrogen-bond acceptors (Lipinski definition) is 3. The van der Waals surface area contributed by atoms with E-state index in [1.54, 1.807) is 7.11 Å². The summed E-state index contributed by atoms with van der Waals surface area (Å²) >= 11 is 0. The lowest BCUT2D eigenvalue weighted by atomic mass is 10.0. The van der Waals surface area contributed by atoms with Crippen LogP contribution in [0.1, 0.15) is 33.3 Å². The standard InChI is InChI=1S/C16H26N2O2/c1-11(2)15(17)16(19)18(12(3)4)10-13-6-8-14(20-5)9-7-13/h6-9,11-12,15H,10,17H2,1-5H3. The van der Waals surface area contributed by atoms with Crippen molar-refractivity contribution >= 4 is 5.91 Å². The fourth-order valence-electron chi connectivity index (χ4n) is 1.92. The summed E-state index contributed by atoms with van der Waals surface area (Å²) in [6, 6.07) is 7.43. The quantitative estimate of drug-likeness (QED) is 0.869. The summed E-state index contributed by atoms with van der Waals surface area (Å²) in [5.41, 5.74) is 7.06. The number of methoxy groups -OCH3 is 1. The second kappa shape index (κ2) is 7.29. The Hall–Kier alpha value is -1.55. The second-order valence-electron chi connectivity index (χ2n) is 5.68. The predicted molar refractivity (Wildman–Crippen MR) is 81.5 cm³/mol. The Balaban J connectivity index is 2.83. The van der Waals surface area contributed by atoms with Crippen LogP contribution in [-0.2, 0) is 11.3 Å². The van der Waals surface area contributed by atoms with Crippen molar-refractivity contribution in [2.45, 2.75) is 46.3 Å². The molecule has 0 aliphatic carbocycles. The Kier molecular flexibility index (Phi) is 6.02. The van der Waals surface area contributed by atoms with Crippen LogP contribution in [0.25, 0.3) is 0 Å². The van der Waals surface area contributed by atoms with E-state index in [1.165, 1.54) is 0 Å². The van der Waals surface area contributed by atoms with Gasteiger partial charge in [0.25, 0.3) is 0 Å². The summed E-state index contributed by atoms with van der Waals surface area (Å²) in [6.07, 6.45) is 0. The molecule has 4 heteroatoms. The van der Waals surface area contributed by atoms with Crippen LogP contribution in [-0.4, -0.2) is 30.0 Å². The first-order valence-electron chi connectivity index (χ1n) is 7.05. The summed E-state index contributed by atoms with van der Waals surface area (Å²) in [5.74, 6) is 0.959. The summed E-state index contributed by atoms with van der Waals surface area (Å²) in [6.45, 7) is 8.52. The molecule has 0 spiro atoms. The lowest BCUT2D eigenvalue weighted by Gasteiger charge is -2.30. The van der Waals surface area contributed by atoms with E-state index < -0.39 is 6.04 Å². The summed E-state index contributed by atoms with van der Waals surface area (Å²) in [5, 5.41) is 0. The predicted octanol–water partition coefficient (Wildman–Crippen LogP) is 2.42. The Morgan fingerprint density at radius 2 is 1.75 bits per heavy atom. The minimum atomic E-state index is -0.448. The average molecular weight is 278 g/mol. The van der Waals surface area contributed by atoms with Crippen LogP contribution in [0.15, 0.2) is 24.3 Å². The van der Waals surface area contributed by atoms with Gasteiger partial charge in [-0.1, -0.05) is 26.0 Å². The van der Waals surface area contributed by atoms with E-state index >= 15 is 0 Å². The largest absolute Gasteiger partial charge is 0.497 e. The van der Waals surface area contributed by atoms with Crippen LogP contribution in [0.4, 0.5) is 0 Å². The molecule has 20 heavy (non-hydrogen) atoms. The number of hydrogen-bond donors (Lipinski definition) is 1. The highest BCUT2D eigenvalue weighted by Crippen LogP contribution is 2.16. The van der Waals surface area contributed by atoms with Crippen LogP contribution in [0.3, 0.4) is 0 Å². The third-order valence-corrected chi connectivity index (χ3v) is 3.42. The van der Waals surface area contributed by atoms with Gasteiger partial charge in [0.1, 0.15) is 5.75 Å². The molecule has 0 saturated heterocycles. The van der Waals surface area contributed by atoms with Gasteiger partial charge in [0.15, 0.2) is 0 Å². The molecule has 0 fully saturated rings. The van der Waals surface area contributed by atoms with Crippen molar-refractivity contribution < 1.29 is 9.53 Å². The number of ether oxygens (including phenoxy) is 1. The Morgan fingerprint density at radius 3 is 2.15 bits per heavy atom. The van der Waals surface area contributed by atoms with Gasteiger partial charge in [-0.05, 0) is 37.5 Å². The molecule has 0 radical (unpaired) electrons. The van der Waals surface area contributed by atoms with Crippen molar-refractivity contribution in [2.75, 3.05) is 7.11 Å². The SMILES string of the molecule is COc1ccc(CN(C(=O)C(N)C(C)C)C(C)C)cc1. The molecule has 0 bridgehead atoms. The van der Waals surface area contributed by atoms with E-state index in [1.807, 2.05) is 56.9 Å². The third kappa shape index (κ3) is 4.23. The number of carbonyl (C=O) groups excluding carboxylic acids is 1. The number of nitrogens with zero attached hydrogens (tertiary/aromatic N) is 1. The molecule has 1 atom stereocenters. The maximum Gasteiger partial charge on any atom is 0.240 e. The molecular weight excluding hydrogens is 252 g/mol. The van der Waals surface area contributed by atoms with Crippen molar-refractivity contribution in [1.29, 1.82) is 0 Å². The molecule has 0 heterocycles. The lowest BCUT2D eigenvalue weighted by molar-refractivity contribution is -0.136. The maximum atomic E-state index is 12.4. The molecule has 1 unspecified atom stereocenters. The second-order valence-corrected chi connectivity index (χ2v) is 5.68. The van der Waals surface area contributed by atoms with Crippen molar-refractivity contribution in [3.63, 3.8) is 0 Å². The molecule has 2 N–H and O–H groups in total. The van der Waals surface area contributed by atoms with Crippen LogP contribution in [0, 0.1) is 5.92 Å². The van der Waals surface area contributed by atoms with Crippen molar-refractivity contribution in [3.05, 3.63) is 29.8 Å². The zero-order valence-corrected chi connectivity index (χ0v) is 13.1. The molecule has 0 saturated carbocycles. The maximum absolute atomic E-state index is 12.4. The van der Waals surface area contributed by atoms with Crippen LogP contribution in [0.2, 0.25) is 0 Å². The molecular formula is C16H26N2O2. The normalized spacial score (nSPS) is 12.6. The van der Waals surface area contributed by atoms with Gasteiger partial charge in [-0.3, -0.25) is 4.79 Å². The molecule has 1 rings (SSSR count). The molecule has 0 aliphatic rings. The molecule has 1 aromatic carbocycles. The summed E-state index contributed by atoms with van der Waals surface area (Å²) in [7, 11) is 1.64. The Labute approximate surface area is 121 Å². The van der Waals surface area contributed by atoms with E-state index in [2.05, 4.69) is 0 Å². The van der Waals surface area contributed by atoms with Gasteiger partial charge in [0.2, 0.25) is 5.91 Å². The first-order chi connectivity index (χ1) is 9.36. The van der Waals surface area contributed by atoms with Crippen molar-refractivity contribution in [3.8, 4) is 5.75 Å². The van der Waals surface area contributed by atoms with E-state index in [-0.39, 0.29) is 17.9 Å². The number of nitrogens with two attached hydrogens (primary N) is 1.